The van der Waals surface area contributed by atoms with Gasteiger partial charge in [-0.3, -0.25) is 0 Å². The first kappa shape index (κ1) is 17.2. The molecule has 2 aromatic rings. The van der Waals surface area contributed by atoms with Gasteiger partial charge in [-0.25, -0.2) is 8.42 Å². The van der Waals surface area contributed by atoms with Crippen LogP contribution in [0.4, 0.5) is 0 Å². The van der Waals surface area contributed by atoms with Gasteiger partial charge < -0.3 is 9.47 Å². The second-order valence-electron chi connectivity index (χ2n) is 5.44. The highest BCUT2D eigenvalue weighted by Crippen LogP contribution is 2.21. The quantitative estimate of drug-likeness (QED) is 0.833. The SMILES string of the molecule is O=S(=O)(c1ccc(Cl)cc1)N1CCOC[C@H](Oc2ccccc2)C1. The maximum Gasteiger partial charge on any atom is 0.243 e. The lowest BCUT2D eigenvalue weighted by molar-refractivity contribution is 0.0723. The zero-order valence-corrected chi connectivity index (χ0v) is 14.5. The average Bonchev–Trinajstić information content (AvgIpc) is 2.82. The fourth-order valence-electron chi connectivity index (χ4n) is 2.49. The summed E-state index contributed by atoms with van der Waals surface area (Å²) in [6, 6.07) is 15.5. The molecular formula is C17H18ClNO4S. The standard InChI is InChI=1S/C17H18ClNO4S/c18-14-6-8-17(9-7-14)24(20,21)19-10-11-22-13-16(12-19)23-15-4-2-1-3-5-15/h1-9,16H,10-13H2/t16-/m1/s1. The van der Waals surface area contributed by atoms with E-state index in [0.29, 0.717) is 30.5 Å². The number of hydrogen-bond acceptors (Lipinski definition) is 4. The van der Waals surface area contributed by atoms with Crippen molar-refractivity contribution in [1.29, 1.82) is 0 Å². The Hall–Kier alpha value is -1.60. The molecule has 2 aromatic carbocycles. The Kier molecular flexibility index (Phi) is 5.40. The molecule has 1 heterocycles. The highest BCUT2D eigenvalue weighted by atomic mass is 35.5. The highest BCUT2D eigenvalue weighted by molar-refractivity contribution is 7.89. The van der Waals surface area contributed by atoms with Crippen LogP contribution in [0.5, 0.6) is 5.75 Å². The lowest BCUT2D eigenvalue weighted by Crippen LogP contribution is -2.39. The van der Waals surface area contributed by atoms with Crippen LogP contribution in [0.25, 0.3) is 0 Å². The maximum absolute atomic E-state index is 12.8. The molecule has 3 rings (SSSR count). The van der Waals surface area contributed by atoms with Crippen LogP contribution in [0.2, 0.25) is 5.02 Å². The van der Waals surface area contributed by atoms with Crippen molar-refractivity contribution in [3.05, 3.63) is 59.6 Å². The molecule has 0 aliphatic carbocycles. The predicted molar refractivity (Wildman–Crippen MR) is 91.9 cm³/mol. The Bertz CT molecular complexity index is 765. The van der Waals surface area contributed by atoms with Crippen molar-refractivity contribution in [3.8, 4) is 5.75 Å². The molecule has 1 fully saturated rings. The normalized spacial score (nSPS) is 19.6. The molecule has 0 saturated carbocycles. The van der Waals surface area contributed by atoms with Crippen molar-refractivity contribution in [2.24, 2.45) is 0 Å². The Morgan fingerprint density at radius 3 is 2.50 bits per heavy atom. The van der Waals surface area contributed by atoms with Gasteiger partial charge in [0.25, 0.3) is 0 Å². The molecular weight excluding hydrogens is 350 g/mol. The molecule has 5 nitrogen and oxygen atoms in total. The van der Waals surface area contributed by atoms with E-state index in [1.54, 1.807) is 12.1 Å². The average molecular weight is 368 g/mol. The third-order valence-corrected chi connectivity index (χ3v) is 5.82. The van der Waals surface area contributed by atoms with E-state index >= 15 is 0 Å². The van der Waals surface area contributed by atoms with E-state index in [2.05, 4.69) is 0 Å². The molecule has 1 aliphatic rings. The minimum atomic E-state index is -3.61. The van der Waals surface area contributed by atoms with E-state index in [9.17, 15) is 8.42 Å². The van der Waals surface area contributed by atoms with Gasteiger partial charge in [0, 0.05) is 11.6 Å². The molecule has 0 spiro atoms. The summed E-state index contributed by atoms with van der Waals surface area (Å²) in [7, 11) is -3.61. The third kappa shape index (κ3) is 4.08. The van der Waals surface area contributed by atoms with Crippen molar-refractivity contribution in [2.45, 2.75) is 11.0 Å². The number of para-hydroxylation sites is 1. The van der Waals surface area contributed by atoms with Crippen LogP contribution in [-0.2, 0) is 14.8 Å². The fourth-order valence-corrected chi connectivity index (χ4v) is 4.07. The van der Waals surface area contributed by atoms with Gasteiger partial charge in [0.15, 0.2) is 0 Å². The smallest absolute Gasteiger partial charge is 0.243 e. The van der Waals surface area contributed by atoms with Gasteiger partial charge >= 0.3 is 0 Å². The number of nitrogens with zero attached hydrogens (tertiary/aromatic N) is 1. The van der Waals surface area contributed by atoms with Gasteiger partial charge in [0.2, 0.25) is 10.0 Å². The first-order valence-corrected chi connectivity index (χ1v) is 9.43. The molecule has 1 aliphatic heterocycles. The molecule has 0 radical (unpaired) electrons. The molecule has 0 bridgehead atoms. The van der Waals surface area contributed by atoms with Crippen molar-refractivity contribution in [2.75, 3.05) is 26.3 Å². The minimum absolute atomic E-state index is 0.215. The molecule has 0 N–H and O–H groups in total. The highest BCUT2D eigenvalue weighted by Gasteiger charge is 2.30. The van der Waals surface area contributed by atoms with E-state index in [4.69, 9.17) is 21.1 Å². The van der Waals surface area contributed by atoms with E-state index in [-0.39, 0.29) is 17.5 Å². The summed E-state index contributed by atoms with van der Waals surface area (Å²) in [4.78, 5) is 0.215. The third-order valence-electron chi connectivity index (χ3n) is 3.69. The van der Waals surface area contributed by atoms with E-state index < -0.39 is 10.0 Å². The van der Waals surface area contributed by atoms with Gasteiger partial charge in [-0.05, 0) is 36.4 Å². The molecule has 0 aromatic heterocycles. The van der Waals surface area contributed by atoms with Crippen LogP contribution in [0.15, 0.2) is 59.5 Å². The molecule has 24 heavy (non-hydrogen) atoms. The Morgan fingerprint density at radius 2 is 1.79 bits per heavy atom. The molecule has 7 heteroatoms. The zero-order chi connectivity index (χ0) is 17.0. The maximum atomic E-state index is 12.8. The van der Waals surface area contributed by atoms with E-state index in [1.165, 1.54) is 16.4 Å². The van der Waals surface area contributed by atoms with Gasteiger partial charge in [-0.15, -0.1) is 0 Å². The van der Waals surface area contributed by atoms with Crippen LogP contribution in [-0.4, -0.2) is 45.1 Å². The van der Waals surface area contributed by atoms with Gasteiger partial charge in [-0.2, -0.15) is 4.31 Å². The summed E-state index contributed by atoms with van der Waals surface area (Å²) in [5.41, 5.74) is 0. The number of benzene rings is 2. The second-order valence-corrected chi connectivity index (χ2v) is 7.82. The van der Waals surface area contributed by atoms with Crippen LogP contribution in [0.3, 0.4) is 0 Å². The van der Waals surface area contributed by atoms with Crippen LogP contribution < -0.4 is 4.74 Å². The summed E-state index contributed by atoms with van der Waals surface area (Å²) < 4.78 is 38.4. The van der Waals surface area contributed by atoms with Gasteiger partial charge in [0.1, 0.15) is 11.9 Å². The molecule has 0 unspecified atom stereocenters. The minimum Gasteiger partial charge on any atom is -0.487 e. The predicted octanol–water partition coefficient (Wildman–Crippen LogP) is 2.81. The first-order valence-electron chi connectivity index (χ1n) is 7.61. The van der Waals surface area contributed by atoms with E-state index in [1.807, 2.05) is 30.3 Å². The summed E-state index contributed by atoms with van der Waals surface area (Å²) in [5.74, 6) is 0.692. The molecule has 1 atom stereocenters. The largest absolute Gasteiger partial charge is 0.487 e. The number of halogens is 1. The molecule has 0 amide bonds. The summed E-state index contributed by atoms with van der Waals surface area (Å²) in [6.07, 6.45) is -0.364. The molecule has 1 saturated heterocycles. The number of rotatable bonds is 4. The van der Waals surface area contributed by atoms with Crippen molar-refractivity contribution in [1.82, 2.24) is 4.31 Å². The number of hydrogen-bond donors (Lipinski definition) is 0. The lowest BCUT2D eigenvalue weighted by Gasteiger charge is -2.23. The van der Waals surface area contributed by atoms with E-state index in [0.717, 1.165) is 0 Å². The van der Waals surface area contributed by atoms with Crippen molar-refractivity contribution < 1.29 is 17.9 Å². The number of ether oxygens (including phenoxy) is 2. The van der Waals surface area contributed by atoms with Crippen LogP contribution >= 0.6 is 11.6 Å². The van der Waals surface area contributed by atoms with Crippen LogP contribution in [0.1, 0.15) is 0 Å². The zero-order valence-electron chi connectivity index (χ0n) is 13.0. The topological polar surface area (TPSA) is 55.8 Å². The fraction of sp³-hybridized carbons (Fsp3) is 0.294. The monoisotopic (exact) mass is 367 g/mol. The second kappa shape index (κ2) is 7.53. The number of sulfonamides is 1. The Labute approximate surface area is 146 Å². The summed E-state index contributed by atoms with van der Waals surface area (Å²) >= 11 is 5.84. The summed E-state index contributed by atoms with van der Waals surface area (Å²) in [6.45, 7) is 1.21. The first-order chi connectivity index (χ1) is 11.6. The van der Waals surface area contributed by atoms with Gasteiger partial charge in [-0.1, -0.05) is 29.8 Å². The summed E-state index contributed by atoms with van der Waals surface area (Å²) in [5, 5.41) is 0.499. The Balaban J connectivity index is 1.78. The Morgan fingerprint density at radius 1 is 1.08 bits per heavy atom. The van der Waals surface area contributed by atoms with Crippen molar-refractivity contribution >= 4 is 21.6 Å². The molecule has 128 valence electrons. The van der Waals surface area contributed by atoms with Crippen molar-refractivity contribution in [3.63, 3.8) is 0 Å². The van der Waals surface area contributed by atoms with Crippen LogP contribution in [0, 0.1) is 0 Å². The lowest BCUT2D eigenvalue weighted by atomic mass is 10.3. The van der Waals surface area contributed by atoms with Gasteiger partial charge in [0.05, 0.1) is 24.7 Å².